The van der Waals surface area contributed by atoms with Crippen molar-refractivity contribution in [2.75, 3.05) is 25.6 Å². The second kappa shape index (κ2) is 4.00. The molecule has 0 aromatic heterocycles. The first kappa shape index (κ1) is 8.91. The van der Waals surface area contributed by atoms with Gasteiger partial charge in [-0.05, 0) is 19.1 Å². The Morgan fingerprint density at radius 2 is 2.27 bits per heavy atom. The summed E-state index contributed by atoms with van der Waals surface area (Å²) >= 11 is 1.79. The summed E-state index contributed by atoms with van der Waals surface area (Å²) in [5.41, 5.74) is 0. The summed E-state index contributed by atoms with van der Waals surface area (Å²) in [6.45, 7) is 0.899. The third-order valence-electron chi connectivity index (χ3n) is 1.93. The van der Waals surface area contributed by atoms with E-state index in [4.69, 9.17) is 0 Å². The van der Waals surface area contributed by atoms with Crippen LogP contribution in [0.25, 0.3) is 0 Å². The highest BCUT2D eigenvalue weighted by atomic mass is 32.2. The molecule has 0 N–H and O–H groups in total. The second-order valence-electron chi connectivity index (χ2n) is 3.03. The number of carbonyl (C=O) groups excluding carboxylic acids is 1. The standard InChI is InChI=1S/C8H15NOS/c1-9(5-6-11-2)8(10)7-3-4-7/h7H,3-6H2,1-2H3. The molecule has 3 heteroatoms. The lowest BCUT2D eigenvalue weighted by Crippen LogP contribution is -2.29. The molecule has 0 radical (unpaired) electrons. The molecule has 64 valence electrons. The van der Waals surface area contributed by atoms with Crippen LogP contribution in [0.15, 0.2) is 0 Å². The summed E-state index contributed by atoms with van der Waals surface area (Å²) in [6, 6.07) is 0. The van der Waals surface area contributed by atoms with Gasteiger partial charge in [0.05, 0.1) is 0 Å². The van der Waals surface area contributed by atoms with Crippen molar-refractivity contribution in [1.29, 1.82) is 0 Å². The minimum atomic E-state index is 0.346. The average molecular weight is 173 g/mol. The molecule has 0 saturated heterocycles. The smallest absolute Gasteiger partial charge is 0.225 e. The zero-order valence-corrected chi connectivity index (χ0v) is 7.99. The Balaban J connectivity index is 2.16. The molecule has 0 aromatic rings. The van der Waals surface area contributed by atoms with E-state index in [9.17, 15) is 4.79 Å². The number of thioether (sulfide) groups is 1. The number of carbonyl (C=O) groups is 1. The Morgan fingerprint density at radius 3 is 2.73 bits per heavy atom. The Hall–Kier alpha value is -0.180. The molecule has 1 rings (SSSR count). The van der Waals surface area contributed by atoms with Gasteiger partial charge in [0.25, 0.3) is 0 Å². The van der Waals surface area contributed by atoms with Crippen molar-refractivity contribution in [3.05, 3.63) is 0 Å². The number of hydrogen-bond acceptors (Lipinski definition) is 2. The molecule has 1 saturated carbocycles. The second-order valence-corrected chi connectivity index (χ2v) is 4.01. The average Bonchev–Trinajstić information content (AvgIpc) is 2.81. The maximum absolute atomic E-state index is 11.3. The van der Waals surface area contributed by atoms with Gasteiger partial charge >= 0.3 is 0 Å². The lowest BCUT2D eigenvalue weighted by Gasteiger charge is -2.15. The Bertz CT molecular complexity index is 145. The van der Waals surface area contributed by atoms with Gasteiger partial charge in [0.2, 0.25) is 5.91 Å². The number of nitrogens with zero attached hydrogens (tertiary/aromatic N) is 1. The lowest BCUT2D eigenvalue weighted by atomic mass is 10.3. The van der Waals surface area contributed by atoms with Crippen molar-refractivity contribution in [2.45, 2.75) is 12.8 Å². The van der Waals surface area contributed by atoms with Crippen LogP contribution < -0.4 is 0 Å². The lowest BCUT2D eigenvalue weighted by molar-refractivity contribution is -0.130. The van der Waals surface area contributed by atoms with Gasteiger partial charge in [0.15, 0.2) is 0 Å². The fourth-order valence-electron chi connectivity index (χ4n) is 0.980. The van der Waals surface area contributed by atoms with E-state index >= 15 is 0 Å². The number of rotatable bonds is 4. The van der Waals surface area contributed by atoms with Gasteiger partial charge in [0.1, 0.15) is 0 Å². The van der Waals surface area contributed by atoms with E-state index in [1.165, 1.54) is 0 Å². The van der Waals surface area contributed by atoms with E-state index in [2.05, 4.69) is 6.26 Å². The van der Waals surface area contributed by atoms with Gasteiger partial charge in [0, 0.05) is 25.3 Å². The Labute approximate surface area is 72.3 Å². The number of amides is 1. The summed E-state index contributed by atoms with van der Waals surface area (Å²) in [7, 11) is 1.90. The molecule has 0 atom stereocenters. The summed E-state index contributed by atoms with van der Waals surface area (Å²) in [4.78, 5) is 13.2. The van der Waals surface area contributed by atoms with Gasteiger partial charge in [-0.25, -0.2) is 0 Å². The minimum Gasteiger partial charge on any atom is -0.345 e. The van der Waals surface area contributed by atoms with Crippen LogP contribution in [0.4, 0.5) is 0 Å². The molecule has 0 unspecified atom stereocenters. The van der Waals surface area contributed by atoms with Gasteiger partial charge in [-0.1, -0.05) is 0 Å². The normalized spacial score (nSPS) is 16.5. The molecular formula is C8H15NOS. The highest BCUT2D eigenvalue weighted by Gasteiger charge is 2.31. The molecule has 0 aliphatic heterocycles. The summed E-state index contributed by atoms with van der Waals surface area (Å²) in [5.74, 6) is 1.77. The molecule has 0 spiro atoms. The van der Waals surface area contributed by atoms with E-state index in [-0.39, 0.29) is 0 Å². The van der Waals surface area contributed by atoms with Crippen molar-refractivity contribution in [3.63, 3.8) is 0 Å². The van der Waals surface area contributed by atoms with E-state index in [0.717, 1.165) is 25.1 Å². The van der Waals surface area contributed by atoms with Crippen molar-refractivity contribution in [2.24, 2.45) is 5.92 Å². The quantitative estimate of drug-likeness (QED) is 0.637. The van der Waals surface area contributed by atoms with Crippen LogP contribution >= 0.6 is 11.8 Å². The molecule has 1 amide bonds. The predicted molar refractivity (Wildman–Crippen MR) is 48.7 cm³/mol. The first-order valence-electron chi connectivity index (χ1n) is 3.99. The molecule has 0 heterocycles. The molecule has 0 bridgehead atoms. The van der Waals surface area contributed by atoms with Crippen LogP contribution in [0.5, 0.6) is 0 Å². The van der Waals surface area contributed by atoms with Crippen LogP contribution in [0.3, 0.4) is 0 Å². The van der Waals surface area contributed by atoms with Crippen LogP contribution in [-0.2, 0) is 4.79 Å². The number of hydrogen-bond donors (Lipinski definition) is 0. The first-order valence-corrected chi connectivity index (χ1v) is 5.39. The molecular weight excluding hydrogens is 158 g/mol. The maximum Gasteiger partial charge on any atom is 0.225 e. The predicted octanol–water partition coefficient (Wildman–Crippen LogP) is 1.22. The van der Waals surface area contributed by atoms with E-state index in [0.29, 0.717) is 11.8 Å². The molecule has 2 nitrogen and oxygen atoms in total. The summed E-state index contributed by atoms with van der Waals surface area (Å²) < 4.78 is 0. The molecule has 1 aliphatic carbocycles. The third-order valence-corrected chi connectivity index (χ3v) is 2.52. The molecule has 0 aromatic carbocycles. The van der Waals surface area contributed by atoms with Crippen molar-refractivity contribution in [3.8, 4) is 0 Å². The van der Waals surface area contributed by atoms with Gasteiger partial charge in [-0.2, -0.15) is 11.8 Å². The van der Waals surface area contributed by atoms with E-state index in [1.807, 2.05) is 11.9 Å². The van der Waals surface area contributed by atoms with Gasteiger partial charge < -0.3 is 4.90 Å². The van der Waals surface area contributed by atoms with E-state index < -0.39 is 0 Å². The Morgan fingerprint density at radius 1 is 1.64 bits per heavy atom. The molecule has 1 aliphatic rings. The summed E-state index contributed by atoms with van der Waals surface area (Å²) in [5, 5.41) is 0. The fraction of sp³-hybridized carbons (Fsp3) is 0.875. The monoisotopic (exact) mass is 173 g/mol. The SMILES string of the molecule is CSCCN(C)C(=O)C1CC1. The van der Waals surface area contributed by atoms with Crippen molar-refractivity contribution in [1.82, 2.24) is 4.90 Å². The van der Waals surface area contributed by atoms with Crippen molar-refractivity contribution < 1.29 is 4.79 Å². The summed E-state index contributed by atoms with van der Waals surface area (Å²) in [6.07, 6.45) is 4.29. The van der Waals surface area contributed by atoms with E-state index in [1.54, 1.807) is 11.8 Å². The topological polar surface area (TPSA) is 20.3 Å². The molecule has 1 fully saturated rings. The largest absolute Gasteiger partial charge is 0.345 e. The van der Waals surface area contributed by atoms with Crippen LogP contribution in [0.2, 0.25) is 0 Å². The maximum atomic E-state index is 11.3. The van der Waals surface area contributed by atoms with Gasteiger partial charge in [-0.15, -0.1) is 0 Å². The first-order chi connectivity index (χ1) is 5.25. The van der Waals surface area contributed by atoms with Crippen LogP contribution in [-0.4, -0.2) is 36.4 Å². The molecule has 11 heavy (non-hydrogen) atoms. The van der Waals surface area contributed by atoms with Crippen LogP contribution in [0.1, 0.15) is 12.8 Å². The van der Waals surface area contributed by atoms with Crippen LogP contribution in [0, 0.1) is 5.92 Å². The zero-order chi connectivity index (χ0) is 8.27. The van der Waals surface area contributed by atoms with Crippen molar-refractivity contribution >= 4 is 17.7 Å². The minimum absolute atomic E-state index is 0.346. The highest BCUT2D eigenvalue weighted by molar-refractivity contribution is 7.98. The fourth-order valence-corrected chi connectivity index (χ4v) is 1.44. The van der Waals surface area contributed by atoms with Gasteiger partial charge in [-0.3, -0.25) is 4.79 Å². The highest BCUT2D eigenvalue weighted by Crippen LogP contribution is 2.30. The zero-order valence-electron chi connectivity index (χ0n) is 7.17. The third kappa shape index (κ3) is 2.73. The Kier molecular flexibility index (Phi) is 3.24.